The van der Waals surface area contributed by atoms with E-state index in [1.165, 1.54) is 0 Å². The molecule has 0 radical (unpaired) electrons. The SMILES string of the molecule is Cc1cncc(C(=O)Nc2ccc(N(C)CCO)cc2)c1. The Morgan fingerprint density at radius 3 is 2.62 bits per heavy atom. The second-order valence-electron chi connectivity index (χ2n) is 4.90. The molecule has 110 valence electrons. The Balaban J connectivity index is 2.05. The van der Waals surface area contributed by atoms with Gasteiger partial charge in [0.2, 0.25) is 0 Å². The number of anilines is 2. The molecule has 21 heavy (non-hydrogen) atoms. The van der Waals surface area contributed by atoms with Gasteiger partial charge in [0, 0.05) is 37.4 Å². The van der Waals surface area contributed by atoms with E-state index in [9.17, 15) is 4.79 Å². The molecular weight excluding hydrogens is 266 g/mol. The van der Waals surface area contributed by atoms with Crippen LogP contribution in [0, 0.1) is 6.92 Å². The van der Waals surface area contributed by atoms with Crippen LogP contribution in [0.1, 0.15) is 15.9 Å². The summed E-state index contributed by atoms with van der Waals surface area (Å²) in [7, 11) is 1.90. The topological polar surface area (TPSA) is 65.5 Å². The maximum Gasteiger partial charge on any atom is 0.257 e. The molecule has 5 nitrogen and oxygen atoms in total. The third-order valence-corrected chi connectivity index (χ3v) is 3.14. The minimum Gasteiger partial charge on any atom is -0.395 e. The number of nitrogens with one attached hydrogen (secondary N) is 1. The molecule has 0 aliphatic rings. The number of aryl methyl sites for hydroxylation is 1. The van der Waals surface area contributed by atoms with Crippen molar-refractivity contribution < 1.29 is 9.90 Å². The second kappa shape index (κ2) is 6.85. The number of aliphatic hydroxyl groups is 1. The van der Waals surface area contributed by atoms with E-state index in [0.717, 1.165) is 16.9 Å². The summed E-state index contributed by atoms with van der Waals surface area (Å²) in [5, 5.41) is 11.8. The van der Waals surface area contributed by atoms with E-state index in [2.05, 4.69) is 10.3 Å². The Labute approximate surface area is 124 Å². The lowest BCUT2D eigenvalue weighted by Gasteiger charge is -2.18. The van der Waals surface area contributed by atoms with Gasteiger partial charge in [-0.25, -0.2) is 0 Å². The molecule has 2 N–H and O–H groups in total. The molecule has 0 bridgehead atoms. The predicted octanol–water partition coefficient (Wildman–Crippen LogP) is 2.07. The van der Waals surface area contributed by atoms with Gasteiger partial charge in [0.05, 0.1) is 12.2 Å². The van der Waals surface area contributed by atoms with Gasteiger partial charge in [-0.3, -0.25) is 9.78 Å². The van der Waals surface area contributed by atoms with Gasteiger partial charge in [-0.05, 0) is 42.8 Å². The Morgan fingerprint density at radius 1 is 1.29 bits per heavy atom. The van der Waals surface area contributed by atoms with Crippen molar-refractivity contribution in [2.75, 3.05) is 30.4 Å². The molecule has 5 heteroatoms. The van der Waals surface area contributed by atoms with E-state index in [-0.39, 0.29) is 12.5 Å². The number of nitrogens with zero attached hydrogens (tertiary/aromatic N) is 2. The summed E-state index contributed by atoms with van der Waals surface area (Å²) in [6, 6.07) is 9.28. The second-order valence-corrected chi connectivity index (χ2v) is 4.90. The van der Waals surface area contributed by atoms with Crippen LogP contribution >= 0.6 is 0 Å². The van der Waals surface area contributed by atoms with Crippen LogP contribution in [0.15, 0.2) is 42.7 Å². The third kappa shape index (κ3) is 4.03. The molecule has 1 aromatic heterocycles. The average molecular weight is 285 g/mol. The summed E-state index contributed by atoms with van der Waals surface area (Å²) in [6.45, 7) is 2.57. The number of likely N-dealkylation sites (N-methyl/N-ethyl adjacent to an activating group) is 1. The fourth-order valence-corrected chi connectivity index (χ4v) is 1.96. The Morgan fingerprint density at radius 2 is 2.00 bits per heavy atom. The summed E-state index contributed by atoms with van der Waals surface area (Å²) >= 11 is 0. The van der Waals surface area contributed by atoms with Crippen LogP contribution < -0.4 is 10.2 Å². The first-order valence-electron chi connectivity index (χ1n) is 6.75. The summed E-state index contributed by atoms with van der Waals surface area (Å²) in [5.74, 6) is -0.178. The van der Waals surface area contributed by atoms with E-state index < -0.39 is 0 Å². The summed E-state index contributed by atoms with van der Waals surface area (Å²) < 4.78 is 0. The lowest BCUT2D eigenvalue weighted by molar-refractivity contribution is 0.102. The molecule has 0 saturated carbocycles. The summed E-state index contributed by atoms with van der Waals surface area (Å²) in [4.78, 5) is 18.0. The number of benzene rings is 1. The van der Waals surface area contributed by atoms with Crippen molar-refractivity contribution >= 4 is 17.3 Å². The quantitative estimate of drug-likeness (QED) is 0.882. The zero-order valence-electron chi connectivity index (χ0n) is 12.2. The van der Waals surface area contributed by atoms with Crippen molar-refractivity contribution in [1.29, 1.82) is 0 Å². The number of hydrogen-bond acceptors (Lipinski definition) is 4. The highest BCUT2D eigenvalue weighted by atomic mass is 16.3. The molecule has 1 amide bonds. The summed E-state index contributed by atoms with van der Waals surface area (Å²) in [5.41, 5.74) is 3.20. The van der Waals surface area contributed by atoms with Crippen LogP contribution in [0.5, 0.6) is 0 Å². The number of rotatable bonds is 5. The van der Waals surface area contributed by atoms with Gasteiger partial charge < -0.3 is 15.3 Å². The van der Waals surface area contributed by atoms with Crippen LogP contribution in [0.4, 0.5) is 11.4 Å². The molecule has 1 heterocycles. The molecular formula is C16H19N3O2. The van der Waals surface area contributed by atoms with Gasteiger partial charge in [-0.1, -0.05) is 0 Å². The summed E-state index contributed by atoms with van der Waals surface area (Å²) in [6.07, 6.45) is 3.26. The molecule has 2 rings (SSSR count). The number of hydrogen-bond donors (Lipinski definition) is 2. The number of carbonyl (C=O) groups excluding carboxylic acids is 1. The van der Waals surface area contributed by atoms with Crippen LogP contribution in [0.25, 0.3) is 0 Å². The monoisotopic (exact) mass is 285 g/mol. The fraction of sp³-hybridized carbons (Fsp3) is 0.250. The Bertz CT molecular complexity index is 611. The maximum atomic E-state index is 12.1. The van der Waals surface area contributed by atoms with Crippen LogP contribution in [0.3, 0.4) is 0 Å². The molecule has 0 unspecified atom stereocenters. The average Bonchev–Trinajstić information content (AvgIpc) is 2.48. The van der Waals surface area contributed by atoms with Crippen molar-refractivity contribution in [2.24, 2.45) is 0 Å². The fourth-order valence-electron chi connectivity index (χ4n) is 1.96. The van der Waals surface area contributed by atoms with Crippen molar-refractivity contribution in [3.8, 4) is 0 Å². The van der Waals surface area contributed by atoms with Crippen LogP contribution in [0.2, 0.25) is 0 Å². The number of aromatic nitrogens is 1. The zero-order valence-corrected chi connectivity index (χ0v) is 12.2. The molecule has 0 fully saturated rings. The smallest absolute Gasteiger partial charge is 0.257 e. The van der Waals surface area contributed by atoms with E-state index in [1.807, 2.05) is 43.1 Å². The highest BCUT2D eigenvalue weighted by Gasteiger charge is 2.07. The molecule has 1 aromatic carbocycles. The molecule has 0 atom stereocenters. The van der Waals surface area contributed by atoms with Gasteiger partial charge in [0.15, 0.2) is 0 Å². The normalized spacial score (nSPS) is 10.2. The zero-order chi connectivity index (χ0) is 15.2. The number of pyridine rings is 1. The van der Waals surface area contributed by atoms with Gasteiger partial charge in [0.25, 0.3) is 5.91 Å². The highest BCUT2D eigenvalue weighted by molar-refractivity contribution is 6.04. The van der Waals surface area contributed by atoms with Gasteiger partial charge in [0.1, 0.15) is 0 Å². The third-order valence-electron chi connectivity index (χ3n) is 3.14. The number of carbonyl (C=O) groups is 1. The molecule has 0 aliphatic heterocycles. The minimum absolute atomic E-state index is 0.106. The van der Waals surface area contributed by atoms with Crippen molar-refractivity contribution in [3.05, 3.63) is 53.9 Å². The minimum atomic E-state index is -0.178. The van der Waals surface area contributed by atoms with Crippen molar-refractivity contribution in [2.45, 2.75) is 6.92 Å². The van der Waals surface area contributed by atoms with Crippen molar-refractivity contribution in [1.82, 2.24) is 4.98 Å². The van der Waals surface area contributed by atoms with Gasteiger partial charge in [-0.15, -0.1) is 0 Å². The van der Waals surface area contributed by atoms with E-state index >= 15 is 0 Å². The standard InChI is InChI=1S/C16H19N3O2/c1-12-9-13(11-17-10-12)16(21)18-14-3-5-15(6-4-14)19(2)7-8-20/h3-6,9-11,20H,7-8H2,1-2H3,(H,18,21). The number of aliphatic hydroxyl groups excluding tert-OH is 1. The Kier molecular flexibility index (Phi) is 4.90. The predicted molar refractivity (Wildman–Crippen MR) is 83.7 cm³/mol. The maximum absolute atomic E-state index is 12.1. The first-order chi connectivity index (χ1) is 10.1. The van der Waals surface area contributed by atoms with Gasteiger partial charge >= 0.3 is 0 Å². The first-order valence-corrected chi connectivity index (χ1v) is 6.75. The molecule has 0 aliphatic carbocycles. The Hall–Kier alpha value is -2.40. The van der Waals surface area contributed by atoms with E-state index in [1.54, 1.807) is 18.5 Å². The van der Waals surface area contributed by atoms with Crippen LogP contribution in [-0.2, 0) is 0 Å². The highest BCUT2D eigenvalue weighted by Crippen LogP contribution is 2.17. The van der Waals surface area contributed by atoms with E-state index in [0.29, 0.717) is 12.1 Å². The van der Waals surface area contributed by atoms with E-state index in [4.69, 9.17) is 5.11 Å². The molecule has 2 aromatic rings. The molecule has 0 saturated heterocycles. The largest absolute Gasteiger partial charge is 0.395 e. The lowest BCUT2D eigenvalue weighted by Crippen LogP contribution is -2.21. The molecule has 0 spiro atoms. The van der Waals surface area contributed by atoms with Crippen LogP contribution in [-0.4, -0.2) is 36.2 Å². The number of amides is 1. The van der Waals surface area contributed by atoms with Crippen molar-refractivity contribution in [3.63, 3.8) is 0 Å². The lowest BCUT2D eigenvalue weighted by atomic mass is 10.2. The van der Waals surface area contributed by atoms with Gasteiger partial charge in [-0.2, -0.15) is 0 Å². The first kappa shape index (κ1) is 15.0.